The maximum Gasteiger partial charge on any atom is 0.165 e. The summed E-state index contributed by atoms with van der Waals surface area (Å²) in [6.07, 6.45) is 4.08. The molecule has 0 aliphatic carbocycles. The number of pyridine rings is 1. The van der Waals surface area contributed by atoms with E-state index in [2.05, 4.69) is 22.0 Å². The fourth-order valence-corrected chi connectivity index (χ4v) is 3.33. The molecule has 3 aromatic heterocycles. The van der Waals surface area contributed by atoms with Gasteiger partial charge in [-0.2, -0.15) is 10.2 Å². The van der Waals surface area contributed by atoms with Crippen LogP contribution in [0, 0.1) is 5.82 Å². The number of halogens is 1. The van der Waals surface area contributed by atoms with Crippen molar-refractivity contribution in [3.05, 3.63) is 30.3 Å². The second kappa shape index (κ2) is 6.03. The van der Waals surface area contributed by atoms with Crippen molar-refractivity contribution in [1.82, 2.24) is 24.3 Å². The molecule has 8 heteroatoms. The number of likely N-dealkylation sites (tertiary alicyclic amines) is 1. The molecule has 4 rings (SSSR count). The summed E-state index contributed by atoms with van der Waals surface area (Å²) in [7, 11) is 1.78. The molecule has 0 radical (unpaired) electrons. The Kier molecular flexibility index (Phi) is 3.84. The fraction of sp³-hybridized carbons (Fsp3) is 0.412. The minimum Gasteiger partial charge on any atom is -0.488 e. The first-order chi connectivity index (χ1) is 12.1. The molecule has 7 nitrogen and oxygen atoms in total. The molecule has 1 atom stereocenters. The molecule has 3 aromatic rings. The van der Waals surface area contributed by atoms with Crippen molar-refractivity contribution in [1.29, 1.82) is 0 Å². The number of hydrogen-bond acceptors (Lipinski definition) is 5. The average molecular weight is 344 g/mol. The van der Waals surface area contributed by atoms with E-state index in [0.717, 1.165) is 25.0 Å². The fourth-order valence-electron chi connectivity index (χ4n) is 3.33. The lowest BCUT2D eigenvalue weighted by atomic mass is 10.0. The first kappa shape index (κ1) is 15.9. The molecular weight excluding hydrogens is 323 g/mol. The van der Waals surface area contributed by atoms with Crippen LogP contribution in [-0.2, 0) is 7.05 Å². The monoisotopic (exact) mass is 344 g/mol. The largest absolute Gasteiger partial charge is 0.488 e. The van der Waals surface area contributed by atoms with Crippen molar-refractivity contribution in [2.45, 2.75) is 19.4 Å². The molecular formula is C17H21FN6O. The lowest BCUT2D eigenvalue weighted by Crippen LogP contribution is -2.50. The summed E-state index contributed by atoms with van der Waals surface area (Å²) in [6.45, 7) is 4.85. The highest BCUT2D eigenvalue weighted by molar-refractivity contribution is 5.72. The van der Waals surface area contributed by atoms with Crippen LogP contribution in [0.1, 0.15) is 13.3 Å². The lowest BCUT2D eigenvalue weighted by molar-refractivity contribution is 0.0562. The molecule has 132 valence electrons. The van der Waals surface area contributed by atoms with E-state index >= 15 is 0 Å². The second-order valence-corrected chi connectivity index (χ2v) is 6.34. The van der Waals surface area contributed by atoms with E-state index in [4.69, 9.17) is 10.5 Å². The number of nitrogen functional groups attached to an aromatic ring is 1. The molecule has 1 aliphatic heterocycles. The molecule has 4 heterocycles. The van der Waals surface area contributed by atoms with Crippen LogP contribution in [0.15, 0.2) is 24.5 Å². The van der Waals surface area contributed by atoms with Crippen molar-refractivity contribution in [2.75, 3.05) is 25.4 Å². The number of aryl methyl sites for hydroxylation is 1. The Hall–Kier alpha value is -2.61. The van der Waals surface area contributed by atoms with Crippen LogP contribution in [0.25, 0.3) is 16.8 Å². The molecule has 0 unspecified atom stereocenters. The van der Waals surface area contributed by atoms with E-state index in [1.165, 1.54) is 10.7 Å². The standard InChI is InChI=1S/C17H21FN6O/c1-3-23-5-4-11(23)10-25-15-8-20-22(2)17(15)13-6-12-7-16(19)21-24(12)9-14(13)18/h6-9,11H,3-5,10H2,1-2H3,(H2,19,21)/t11-/m1/s1. The third-order valence-corrected chi connectivity index (χ3v) is 4.83. The Morgan fingerprint density at radius 1 is 1.40 bits per heavy atom. The minimum atomic E-state index is -0.400. The number of fused-ring (bicyclic) bond motifs is 1. The van der Waals surface area contributed by atoms with Crippen LogP contribution in [0.2, 0.25) is 0 Å². The number of likely N-dealkylation sites (N-methyl/N-ethyl adjacent to an activating group) is 1. The van der Waals surface area contributed by atoms with Crippen LogP contribution in [0.4, 0.5) is 10.2 Å². The average Bonchev–Trinajstić information content (AvgIpc) is 3.08. The summed E-state index contributed by atoms with van der Waals surface area (Å²) in [5.74, 6) is 0.534. The van der Waals surface area contributed by atoms with Gasteiger partial charge in [0, 0.05) is 31.3 Å². The Labute approximate surface area is 144 Å². The van der Waals surface area contributed by atoms with E-state index in [0.29, 0.717) is 35.5 Å². The van der Waals surface area contributed by atoms with Crippen molar-refractivity contribution in [3.8, 4) is 17.0 Å². The first-order valence-electron chi connectivity index (χ1n) is 8.40. The molecule has 0 bridgehead atoms. The third-order valence-electron chi connectivity index (χ3n) is 4.83. The second-order valence-electron chi connectivity index (χ2n) is 6.34. The normalized spacial score (nSPS) is 17.8. The van der Waals surface area contributed by atoms with Gasteiger partial charge in [-0.1, -0.05) is 6.92 Å². The van der Waals surface area contributed by atoms with E-state index in [9.17, 15) is 4.39 Å². The third kappa shape index (κ3) is 2.72. The van der Waals surface area contributed by atoms with Crippen molar-refractivity contribution in [2.24, 2.45) is 7.05 Å². The van der Waals surface area contributed by atoms with Crippen LogP contribution in [0.5, 0.6) is 5.75 Å². The van der Waals surface area contributed by atoms with Crippen molar-refractivity contribution >= 4 is 11.3 Å². The zero-order valence-electron chi connectivity index (χ0n) is 14.3. The molecule has 0 spiro atoms. The zero-order chi connectivity index (χ0) is 17.6. The number of nitrogens with zero attached hydrogens (tertiary/aromatic N) is 5. The Balaban J connectivity index is 1.66. The summed E-state index contributed by atoms with van der Waals surface area (Å²) >= 11 is 0. The van der Waals surface area contributed by atoms with Gasteiger partial charge < -0.3 is 10.5 Å². The van der Waals surface area contributed by atoms with Gasteiger partial charge >= 0.3 is 0 Å². The molecule has 2 N–H and O–H groups in total. The summed E-state index contributed by atoms with van der Waals surface area (Å²) in [5.41, 5.74) is 7.45. The Bertz CT molecular complexity index is 915. The number of aromatic nitrogens is 4. The number of ether oxygens (including phenoxy) is 1. The first-order valence-corrected chi connectivity index (χ1v) is 8.40. The van der Waals surface area contributed by atoms with Gasteiger partial charge in [0.15, 0.2) is 11.6 Å². The highest BCUT2D eigenvalue weighted by Gasteiger charge is 2.27. The quantitative estimate of drug-likeness (QED) is 0.766. The Morgan fingerprint density at radius 3 is 2.96 bits per heavy atom. The van der Waals surface area contributed by atoms with Gasteiger partial charge in [0.05, 0.1) is 17.9 Å². The van der Waals surface area contributed by atoms with Gasteiger partial charge in [0.25, 0.3) is 0 Å². The predicted octanol–water partition coefficient (Wildman–Crippen LogP) is 1.93. The topological polar surface area (TPSA) is 73.6 Å². The molecule has 1 saturated heterocycles. The molecule has 25 heavy (non-hydrogen) atoms. The SMILES string of the molecule is CCN1CC[C@@H]1COc1cnn(C)c1-c1cc2cc(N)nn2cc1F. The van der Waals surface area contributed by atoms with E-state index in [1.54, 1.807) is 30.1 Å². The van der Waals surface area contributed by atoms with Crippen LogP contribution >= 0.6 is 0 Å². The molecule has 1 aliphatic rings. The van der Waals surface area contributed by atoms with E-state index in [1.807, 2.05) is 0 Å². The lowest BCUT2D eigenvalue weighted by Gasteiger charge is -2.39. The molecule has 0 amide bonds. The van der Waals surface area contributed by atoms with Crippen LogP contribution in [0.3, 0.4) is 0 Å². The predicted molar refractivity (Wildman–Crippen MR) is 92.9 cm³/mol. The number of anilines is 1. The van der Waals surface area contributed by atoms with Gasteiger partial charge in [0.2, 0.25) is 0 Å². The minimum absolute atomic E-state index is 0.350. The molecule has 0 aromatic carbocycles. The summed E-state index contributed by atoms with van der Waals surface area (Å²) < 4.78 is 23.7. The summed E-state index contributed by atoms with van der Waals surface area (Å²) in [4.78, 5) is 2.36. The van der Waals surface area contributed by atoms with Gasteiger partial charge in [-0.25, -0.2) is 8.91 Å². The zero-order valence-corrected chi connectivity index (χ0v) is 14.3. The maximum absolute atomic E-state index is 14.6. The molecule has 0 saturated carbocycles. The summed E-state index contributed by atoms with van der Waals surface area (Å²) in [6, 6.07) is 3.83. The van der Waals surface area contributed by atoms with E-state index < -0.39 is 5.82 Å². The number of nitrogens with two attached hydrogens (primary N) is 1. The molecule has 1 fully saturated rings. The van der Waals surface area contributed by atoms with Gasteiger partial charge in [-0.05, 0) is 19.0 Å². The van der Waals surface area contributed by atoms with Crippen LogP contribution < -0.4 is 10.5 Å². The number of hydrogen-bond donors (Lipinski definition) is 1. The smallest absolute Gasteiger partial charge is 0.165 e. The van der Waals surface area contributed by atoms with Gasteiger partial charge in [-0.3, -0.25) is 9.58 Å². The van der Waals surface area contributed by atoms with Crippen LogP contribution in [-0.4, -0.2) is 50.0 Å². The highest BCUT2D eigenvalue weighted by atomic mass is 19.1. The van der Waals surface area contributed by atoms with Crippen molar-refractivity contribution in [3.63, 3.8) is 0 Å². The van der Waals surface area contributed by atoms with Gasteiger partial charge in [-0.15, -0.1) is 0 Å². The maximum atomic E-state index is 14.6. The van der Waals surface area contributed by atoms with Crippen molar-refractivity contribution < 1.29 is 9.13 Å². The van der Waals surface area contributed by atoms with Gasteiger partial charge in [0.1, 0.15) is 18.1 Å². The summed E-state index contributed by atoms with van der Waals surface area (Å²) in [5, 5.41) is 8.28. The Morgan fingerprint density at radius 2 is 2.24 bits per heavy atom. The highest BCUT2D eigenvalue weighted by Crippen LogP contribution is 2.33. The number of rotatable bonds is 5. The van der Waals surface area contributed by atoms with E-state index in [-0.39, 0.29) is 0 Å².